The van der Waals surface area contributed by atoms with E-state index in [0.29, 0.717) is 6.61 Å². The van der Waals surface area contributed by atoms with Gasteiger partial charge in [-0.1, -0.05) is 22.9 Å². The molecular weight excluding hydrogens is 346 g/mol. The van der Waals surface area contributed by atoms with Crippen LogP contribution in [0.15, 0.2) is 16.6 Å². The minimum absolute atomic E-state index is 0.708. The Labute approximate surface area is 141 Å². The summed E-state index contributed by atoms with van der Waals surface area (Å²) in [6.45, 7) is 7.75. The fraction of sp³-hybridized carbons (Fsp3) is 0.647. The van der Waals surface area contributed by atoms with Gasteiger partial charge in [-0.05, 0) is 43.5 Å². The number of hydrogen-bond donors (Lipinski definition) is 0. The number of rotatable bonds is 8. The van der Waals surface area contributed by atoms with E-state index in [0.717, 1.165) is 68.1 Å². The van der Waals surface area contributed by atoms with Crippen LogP contribution in [0.1, 0.15) is 25.3 Å². The Morgan fingerprint density at radius 1 is 1.23 bits per heavy atom. The van der Waals surface area contributed by atoms with Crippen molar-refractivity contribution in [2.45, 2.75) is 26.2 Å². The second kappa shape index (κ2) is 9.38. The third-order valence-corrected chi connectivity index (χ3v) is 4.56. The molecule has 1 fully saturated rings. The zero-order chi connectivity index (χ0) is 15.8. The van der Waals surface area contributed by atoms with Crippen LogP contribution in [0.2, 0.25) is 0 Å². The molecule has 124 valence electrons. The molecule has 0 unspecified atom stereocenters. The highest BCUT2D eigenvalue weighted by Gasteiger charge is 2.12. The lowest BCUT2D eigenvalue weighted by molar-refractivity contribution is 0.0374. The summed E-state index contributed by atoms with van der Waals surface area (Å²) in [5.41, 5.74) is 1.27. The molecule has 0 spiro atoms. The molecule has 1 aliphatic heterocycles. The number of ether oxygens (including phenoxy) is 3. The number of aryl methyl sites for hydroxylation is 1. The van der Waals surface area contributed by atoms with Crippen molar-refractivity contribution in [2.75, 3.05) is 46.6 Å². The zero-order valence-electron chi connectivity index (χ0n) is 13.6. The monoisotopic (exact) mass is 371 g/mol. The van der Waals surface area contributed by atoms with Crippen molar-refractivity contribution < 1.29 is 14.2 Å². The molecule has 22 heavy (non-hydrogen) atoms. The lowest BCUT2D eigenvalue weighted by atomic mass is 10.1. The first-order valence-electron chi connectivity index (χ1n) is 8.04. The van der Waals surface area contributed by atoms with E-state index in [-0.39, 0.29) is 0 Å². The quantitative estimate of drug-likeness (QED) is 0.699. The van der Waals surface area contributed by atoms with Crippen LogP contribution in [-0.2, 0) is 11.2 Å². The Kier molecular flexibility index (Phi) is 7.49. The second-order valence-corrected chi connectivity index (χ2v) is 6.35. The summed E-state index contributed by atoms with van der Waals surface area (Å²) >= 11 is 3.66. The molecule has 0 N–H and O–H groups in total. The first-order valence-corrected chi connectivity index (χ1v) is 8.83. The van der Waals surface area contributed by atoms with E-state index in [2.05, 4.69) is 33.8 Å². The Morgan fingerprint density at radius 3 is 2.68 bits per heavy atom. The van der Waals surface area contributed by atoms with Gasteiger partial charge >= 0.3 is 0 Å². The number of benzene rings is 1. The third kappa shape index (κ3) is 5.14. The number of methoxy groups -OCH3 is 1. The molecule has 1 aliphatic rings. The molecule has 0 bridgehead atoms. The van der Waals surface area contributed by atoms with E-state index in [4.69, 9.17) is 14.2 Å². The van der Waals surface area contributed by atoms with Crippen molar-refractivity contribution in [3.63, 3.8) is 0 Å². The largest absolute Gasteiger partial charge is 0.493 e. The van der Waals surface area contributed by atoms with Gasteiger partial charge in [0.1, 0.15) is 0 Å². The van der Waals surface area contributed by atoms with Gasteiger partial charge in [-0.2, -0.15) is 0 Å². The summed E-state index contributed by atoms with van der Waals surface area (Å²) in [5, 5.41) is 0. The van der Waals surface area contributed by atoms with Crippen molar-refractivity contribution in [3.8, 4) is 11.5 Å². The van der Waals surface area contributed by atoms with E-state index in [1.807, 2.05) is 6.07 Å². The highest BCUT2D eigenvalue weighted by molar-refractivity contribution is 9.10. The van der Waals surface area contributed by atoms with E-state index < -0.39 is 0 Å². The topological polar surface area (TPSA) is 30.9 Å². The van der Waals surface area contributed by atoms with Gasteiger partial charge in [0.05, 0.1) is 26.9 Å². The summed E-state index contributed by atoms with van der Waals surface area (Å²) in [5.74, 6) is 1.63. The molecule has 0 amide bonds. The maximum absolute atomic E-state index is 5.74. The predicted molar refractivity (Wildman–Crippen MR) is 92.1 cm³/mol. The Hall–Kier alpha value is -0.780. The van der Waals surface area contributed by atoms with Gasteiger partial charge in [0.15, 0.2) is 11.5 Å². The molecule has 0 aliphatic carbocycles. The number of hydrogen-bond acceptors (Lipinski definition) is 4. The van der Waals surface area contributed by atoms with Crippen molar-refractivity contribution in [3.05, 3.63) is 22.2 Å². The standard InChI is InChI=1S/C17H26BrNO3/c1-3-9-22-17-13-15(18)14(12-16(17)20-2)5-4-6-19-7-10-21-11-8-19/h12-13H,3-11H2,1-2H3. The van der Waals surface area contributed by atoms with Crippen LogP contribution in [0, 0.1) is 0 Å². The minimum Gasteiger partial charge on any atom is -0.493 e. The van der Waals surface area contributed by atoms with Crippen LogP contribution in [0.25, 0.3) is 0 Å². The molecule has 4 nitrogen and oxygen atoms in total. The third-order valence-electron chi connectivity index (χ3n) is 3.82. The molecule has 1 heterocycles. The Balaban J connectivity index is 1.92. The van der Waals surface area contributed by atoms with Gasteiger partial charge in [0.2, 0.25) is 0 Å². The normalized spacial score (nSPS) is 15.8. The number of nitrogens with zero attached hydrogens (tertiary/aromatic N) is 1. The Morgan fingerprint density at radius 2 is 2.00 bits per heavy atom. The summed E-state index contributed by atoms with van der Waals surface area (Å²) < 4.78 is 17.7. The summed E-state index contributed by atoms with van der Waals surface area (Å²) in [4.78, 5) is 2.47. The molecule has 0 saturated carbocycles. The molecule has 1 aromatic carbocycles. The van der Waals surface area contributed by atoms with Crippen LogP contribution in [0.5, 0.6) is 11.5 Å². The smallest absolute Gasteiger partial charge is 0.162 e. The fourth-order valence-electron chi connectivity index (χ4n) is 2.57. The van der Waals surface area contributed by atoms with E-state index in [1.54, 1.807) is 7.11 Å². The maximum atomic E-state index is 5.74. The molecule has 0 atom stereocenters. The number of morpholine rings is 1. The maximum Gasteiger partial charge on any atom is 0.162 e. The second-order valence-electron chi connectivity index (χ2n) is 5.50. The average molecular weight is 372 g/mol. The lowest BCUT2D eigenvalue weighted by Gasteiger charge is -2.26. The molecule has 0 radical (unpaired) electrons. The molecule has 1 saturated heterocycles. The van der Waals surface area contributed by atoms with Crippen molar-refractivity contribution in [1.82, 2.24) is 4.90 Å². The predicted octanol–water partition coefficient (Wildman–Crippen LogP) is 3.51. The highest BCUT2D eigenvalue weighted by atomic mass is 79.9. The van der Waals surface area contributed by atoms with Crippen LogP contribution >= 0.6 is 15.9 Å². The zero-order valence-corrected chi connectivity index (χ0v) is 15.2. The first-order chi connectivity index (χ1) is 10.7. The van der Waals surface area contributed by atoms with Crippen molar-refractivity contribution in [2.24, 2.45) is 0 Å². The van der Waals surface area contributed by atoms with Crippen LogP contribution < -0.4 is 9.47 Å². The summed E-state index contributed by atoms with van der Waals surface area (Å²) in [7, 11) is 1.69. The minimum atomic E-state index is 0.708. The van der Waals surface area contributed by atoms with Crippen LogP contribution in [-0.4, -0.2) is 51.5 Å². The fourth-order valence-corrected chi connectivity index (χ4v) is 3.09. The Bertz CT molecular complexity index is 461. The van der Waals surface area contributed by atoms with Crippen LogP contribution in [0.4, 0.5) is 0 Å². The molecule has 2 rings (SSSR count). The summed E-state index contributed by atoms with van der Waals surface area (Å²) in [6.07, 6.45) is 3.15. The van der Waals surface area contributed by atoms with Gasteiger partial charge in [-0.25, -0.2) is 0 Å². The van der Waals surface area contributed by atoms with E-state index in [9.17, 15) is 0 Å². The highest BCUT2D eigenvalue weighted by Crippen LogP contribution is 2.34. The molecule has 1 aromatic rings. The van der Waals surface area contributed by atoms with Crippen LogP contribution in [0.3, 0.4) is 0 Å². The van der Waals surface area contributed by atoms with E-state index in [1.165, 1.54) is 5.56 Å². The SMILES string of the molecule is CCCOc1cc(Br)c(CCCN2CCOCC2)cc1OC. The summed E-state index contributed by atoms with van der Waals surface area (Å²) in [6, 6.07) is 4.12. The lowest BCUT2D eigenvalue weighted by Crippen LogP contribution is -2.36. The average Bonchev–Trinajstić information content (AvgIpc) is 2.55. The molecule has 5 heteroatoms. The van der Waals surface area contributed by atoms with Crippen molar-refractivity contribution >= 4 is 15.9 Å². The molecular formula is C17H26BrNO3. The van der Waals surface area contributed by atoms with Gasteiger partial charge in [-0.15, -0.1) is 0 Å². The van der Waals surface area contributed by atoms with Gasteiger partial charge < -0.3 is 14.2 Å². The van der Waals surface area contributed by atoms with Gasteiger partial charge in [0, 0.05) is 17.6 Å². The van der Waals surface area contributed by atoms with E-state index >= 15 is 0 Å². The first kappa shape index (κ1) is 17.6. The van der Waals surface area contributed by atoms with Crippen molar-refractivity contribution in [1.29, 1.82) is 0 Å². The van der Waals surface area contributed by atoms with Gasteiger partial charge in [0.25, 0.3) is 0 Å². The molecule has 0 aromatic heterocycles. The number of halogens is 1. The van der Waals surface area contributed by atoms with Gasteiger partial charge in [-0.3, -0.25) is 4.90 Å².